The number of rotatable bonds is 6. The lowest BCUT2D eigenvalue weighted by Crippen LogP contribution is -2.44. The Bertz CT molecular complexity index is 322. The van der Waals surface area contributed by atoms with Crippen LogP contribution in [0, 0.1) is 5.92 Å². The second kappa shape index (κ2) is 7.31. The summed E-state index contributed by atoms with van der Waals surface area (Å²) in [7, 11) is 0. The molecule has 0 aromatic carbocycles. The standard InChI is InChI=1S/C12H20N2O3S/c1-3-7-18-8-5-13-12(17)14-6-4-10(9(14)2)11(15)16/h3,9-10H,1,4-8H2,2H3,(H,13,17)(H,15,16). The highest BCUT2D eigenvalue weighted by Gasteiger charge is 2.37. The second-order valence-electron chi connectivity index (χ2n) is 4.26. The van der Waals surface area contributed by atoms with E-state index in [0.29, 0.717) is 19.5 Å². The Balaban J connectivity index is 2.30. The summed E-state index contributed by atoms with van der Waals surface area (Å²) in [6, 6.07) is -0.395. The van der Waals surface area contributed by atoms with Gasteiger partial charge in [-0.25, -0.2) is 4.79 Å². The number of carbonyl (C=O) groups is 2. The molecule has 2 unspecified atom stereocenters. The van der Waals surface area contributed by atoms with E-state index in [1.54, 1.807) is 23.6 Å². The van der Waals surface area contributed by atoms with Crippen molar-refractivity contribution < 1.29 is 14.7 Å². The molecular weight excluding hydrogens is 252 g/mol. The zero-order valence-electron chi connectivity index (χ0n) is 10.6. The van der Waals surface area contributed by atoms with E-state index in [0.717, 1.165) is 11.5 Å². The molecule has 1 fully saturated rings. The summed E-state index contributed by atoms with van der Waals surface area (Å²) >= 11 is 1.70. The van der Waals surface area contributed by atoms with E-state index in [1.807, 2.05) is 6.08 Å². The summed E-state index contributed by atoms with van der Waals surface area (Å²) in [6.45, 7) is 6.52. The highest BCUT2D eigenvalue weighted by atomic mass is 32.2. The maximum atomic E-state index is 11.8. The molecule has 0 spiro atoms. The van der Waals surface area contributed by atoms with Crippen molar-refractivity contribution in [1.29, 1.82) is 0 Å². The van der Waals surface area contributed by atoms with E-state index >= 15 is 0 Å². The van der Waals surface area contributed by atoms with Gasteiger partial charge in [-0.2, -0.15) is 11.8 Å². The van der Waals surface area contributed by atoms with Crippen molar-refractivity contribution in [2.24, 2.45) is 5.92 Å². The van der Waals surface area contributed by atoms with Crippen LogP contribution in [0.2, 0.25) is 0 Å². The number of carboxylic acids is 1. The van der Waals surface area contributed by atoms with Gasteiger partial charge in [-0.15, -0.1) is 6.58 Å². The van der Waals surface area contributed by atoms with Crippen molar-refractivity contribution in [3.63, 3.8) is 0 Å². The van der Waals surface area contributed by atoms with Gasteiger partial charge < -0.3 is 15.3 Å². The van der Waals surface area contributed by atoms with Gasteiger partial charge in [-0.1, -0.05) is 6.08 Å². The number of likely N-dealkylation sites (tertiary alicyclic amines) is 1. The molecule has 1 aliphatic rings. The number of aliphatic carboxylic acids is 1. The van der Waals surface area contributed by atoms with Crippen molar-refractivity contribution in [1.82, 2.24) is 10.2 Å². The topological polar surface area (TPSA) is 69.6 Å². The van der Waals surface area contributed by atoms with Crippen molar-refractivity contribution in [2.75, 3.05) is 24.6 Å². The number of hydrogen-bond acceptors (Lipinski definition) is 3. The third-order valence-corrected chi connectivity index (χ3v) is 4.06. The average molecular weight is 272 g/mol. The molecule has 1 heterocycles. The molecule has 0 bridgehead atoms. The number of carbonyl (C=O) groups excluding carboxylic acids is 1. The van der Waals surface area contributed by atoms with Gasteiger partial charge >= 0.3 is 12.0 Å². The van der Waals surface area contributed by atoms with Crippen molar-refractivity contribution >= 4 is 23.8 Å². The summed E-state index contributed by atoms with van der Waals surface area (Å²) in [5, 5.41) is 11.8. The first-order valence-electron chi connectivity index (χ1n) is 6.03. The Morgan fingerprint density at radius 1 is 1.61 bits per heavy atom. The van der Waals surface area contributed by atoms with Gasteiger partial charge in [0.1, 0.15) is 0 Å². The van der Waals surface area contributed by atoms with Crippen LogP contribution < -0.4 is 5.32 Å². The third kappa shape index (κ3) is 3.94. The minimum atomic E-state index is -0.820. The number of amides is 2. The van der Waals surface area contributed by atoms with Crippen LogP contribution in [0.25, 0.3) is 0 Å². The minimum absolute atomic E-state index is 0.162. The van der Waals surface area contributed by atoms with Crippen LogP contribution in [-0.4, -0.2) is 52.6 Å². The molecule has 1 aliphatic heterocycles. The first-order chi connectivity index (χ1) is 8.57. The minimum Gasteiger partial charge on any atom is -0.481 e. The first kappa shape index (κ1) is 14.9. The predicted octanol–water partition coefficient (Wildman–Crippen LogP) is 1.41. The highest BCUT2D eigenvalue weighted by molar-refractivity contribution is 7.99. The molecule has 1 saturated heterocycles. The largest absolute Gasteiger partial charge is 0.481 e. The maximum absolute atomic E-state index is 11.8. The van der Waals surface area contributed by atoms with E-state index in [2.05, 4.69) is 11.9 Å². The normalized spacial score (nSPS) is 22.8. The Kier molecular flexibility index (Phi) is 6.04. The number of nitrogens with one attached hydrogen (secondary N) is 1. The van der Waals surface area contributed by atoms with Gasteiger partial charge in [-0.3, -0.25) is 4.79 Å². The quantitative estimate of drug-likeness (QED) is 0.566. The molecule has 0 aromatic heterocycles. The van der Waals surface area contributed by atoms with Gasteiger partial charge in [0.25, 0.3) is 0 Å². The summed E-state index contributed by atoms with van der Waals surface area (Å²) in [6.07, 6.45) is 2.36. The van der Waals surface area contributed by atoms with E-state index in [9.17, 15) is 9.59 Å². The highest BCUT2D eigenvalue weighted by Crippen LogP contribution is 2.24. The fraction of sp³-hybridized carbons (Fsp3) is 0.667. The van der Waals surface area contributed by atoms with Crippen molar-refractivity contribution in [2.45, 2.75) is 19.4 Å². The number of nitrogens with zero attached hydrogens (tertiary/aromatic N) is 1. The van der Waals surface area contributed by atoms with Crippen LogP contribution in [-0.2, 0) is 4.79 Å². The first-order valence-corrected chi connectivity index (χ1v) is 7.19. The summed E-state index contributed by atoms with van der Waals surface area (Å²) in [4.78, 5) is 24.4. The van der Waals surface area contributed by atoms with Crippen LogP contribution in [0.1, 0.15) is 13.3 Å². The zero-order valence-corrected chi connectivity index (χ0v) is 11.4. The Morgan fingerprint density at radius 3 is 2.89 bits per heavy atom. The van der Waals surface area contributed by atoms with Gasteiger partial charge in [0.05, 0.1) is 5.92 Å². The van der Waals surface area contributed by atoms with Crippen LogP contribution in [0.4, 0.5) is 4.79 Å². The molecule has 102 valence electrons. The SMILES string of the molecule is C=CCSCCNC(=O)N1CCC(C(=O)O)C1C. The van der Waals surface area contributed by atoms with Crippen LogP contribution in [0.15, 0.2) is 12.7 Å². The lowest BCUT2D eigenvalue weighted by molar-refractivity contribution is -0.142. The van der Waals surface area contributed by atoms with Crippen LogP contribution >= 0.6 is 11.8 Å². The van der Waals surface area contributed by atoms with E-state index in [1.165, 1.54) is 0 Å². The Labute approximate surface area is 112 Å². The molecule has 18 heavy (non-hydrogen) atoms. The average Bonchev–Trinajstić information content (AvgIpc) is 2.70. The molecule has 2 atom stereocenters. The molecule has 2 amide bonds. The Hall–Kier alpha value is -1.17. The molecule has 6 heteroatoms. The van der Waals surface area contributed by atoms with Crippen LogP contribution in [0.5, 0.6) is 0 Å². The van der Waals surface area contributed by atoms with Gasteiger partial charge in [0.2, 0.25) is 0 Å². The number of carboxylic acid groups (broad SMARTS) is 1. The van der Waals surface area contributed by atoms with Gasteiger partial charge in [0, 0.05) is 30.6 Å². The predicted molar refractivity (Wildman–Crippen MR) is 72.8 cm³/mol. The second-order valence-corrected chi connectivity index (χ2v) is 5.41. The zero-order chi connectivity index (χ0) is 13.5. The summed E-state index contributed by atoms with van der Waals surface area (Å²) in [5.41, 5.74) is 0. The number of urea groups is 1. The van der Waals surface area contributed by atoms with E-state index in [4.69, 9.17) is 5.11 Å². The summed E-state index contributed by atoms with van der Waals surface area (Å²) < 4.78 is 0. The van der Waals surface area contributed by atoms with Gasteiger partial charge in [0.15, 0.2) is 0 Å². The van der Waals surface area contributed by atoms with Crippen molar-refractivity contribution in [3.8, 4) is 0 Å². The van der Waals surface area contributed by atoms with E-state index < -0.39 is 11.9 Å². The molecule has 0 aliphatic carbocycles. The number of hydrogen-bond donors (Lipinski definition) is 2. The monoisotopic (exact) mass is 272 g/mol. The molecule has 2 N–H and O–H groups in total. The molecule has 0 aromatic rings. The van der Waals surface area contributed by atoms with Crippen LogP contribution in [0.3, 0.4) is 0 Å². The van der Waals surface area contributed by atoms with E-state index in [-0.39, 0.29) is 12.1 Å². The lowest BCUT2D eigenvalue weighted by atomic mass is 10.0. The Morgan fingerprint density at radius 2 is 2.33 bits per heavy atom. The number of thioether (sulfide) groups is 1. The van der Waals surface area contributed by atoms with Gasteiger partial charge in [-0.05, 0) is 13.3 Å². The van der Waals surface area contributed by atoms with Crippen molar-refractivity contribution in [3.05, 3.63) is 12.7 Å². The smallest absolute Gasteiger partial charge is 0.317 e. The molecule has 1 rings (SSSR count). The molecular formula is C12H20N2O3S. The third-order valence-electron chi connectivity index (χ3n) is 3.09. The molecule has 5 nitrogen and oxygen atoms in total. The lowest BCUT2D eigenvalue weighted by Gasteiger charge is -2.23. The molecule has 0 radical (unpaired) electrons. The molecule has 0 saturated carbocycles. The fourth-order valence-corrected chi connectivity index (χ4v) is 2.63. The summed E-state index contributed by atoms with van der Waals surface area (Å²) in [5.74, 6) is 0.449. The maximum Gasteiger partial charge on any atom is 0.317 e. The fourth-order valence-electron chi connectivity index (χ4n) is 2.05.